The topological polar surface area (TPSA) is 90.3 Å². The molecule has 1 saturated heterocycles. The molecule has 2 N–H and O–H groups in total. The van der Waals surface area contributed by atoms with Gasteiger partial charge in [0.1, 0.15) is 5.75 Å². The van der Waals surface area contributed by atoms with E-state index in [1.54, 1.807) is 25.9 Å². The first-order valence-corrected chi connectivity index (χ1v) is 6.94. The van der Waals surface area contributed by atoms with Crippen LogP contribution >= 0.6 is 0 Å². The summed E-state index contributed by atoms with van der Waals surface area (Å²) in [4.78, 5) is 28.1. The highest BCUT2D eigenvalue weighted by Gasteiger charge is 2.50. The Bertz CT molecular complexity index is 700. The third kappa shape index (κ3) is 1.60. The summed E-state index contributed by atoms with van der Waals surface area (Å²) in [5.74, 6) is -1.03. The maximum atomic E-state index is 12.7. The zero-order valence-corrected chi connectivity index (χ0v) is 12.9. The number of piperazine rings is 1. The van der Waals surface area contributed by atoms with Crippen LogP contribution in [0.3, 0.4) is 0 Å². The van der Waals surface area contributed by atoms with Crippen molar-refractivity contribution < 1.29 is 24.5 Å². The molecule has 3 rings (SSSR count). The van der Waals surface area contributed by atoms with Crippen LogP contribution in [0.25, 0.3) is 0 Å². The van der Waals surface area contributed by atoms with Crippen molar-refractivity contribution in [2.24, 2.45) is 0 Å². The van der Waals surface area contributed by atoms with E-state index in [9.17, 15) is 19.8 Å². The van der Waals surface area contributed by atoms with E-state index >= 15 is 0 Å². The number of benzene rings is 1. The van der Waals surface area contributed by atoms with E-state index in [2.05, 4.69) is 0 Å². The van der Waals surface area contributed by atoms with Gasteiger partial charge in [0.05, 0.1) is 18.7 Å². The first kappa shape index (κ1) is 14.6. The standard InChI is InChI=1S/C15H18N2O5/c1-6-11(18)9-8(13(20)14(6)22-4)7-5-16(2)15(21)10(12(9)19)17(7)3/h7,10,18,20H,5H2,1-4H3. The van der Waals surface area contributed by atoms with E-state index in [1.165, 1.54) is 12.0 Å². The molecule has 0 saturated carbocycles. The minimum atomic E-state index is -0.964. The van der Waals surface area contributed by atoms with Crippen molar-refractivity contribution in [3.8, 4) is 17.2 Å². The Morgan fingerprint density at radius 1 is 1.18 bits per heavy atom. The van der Waals surface area contributed by atoms with Gasteiger partial charge in [-0.15, -0.1) is 0 Å². The van der Waals surface area contributed by atoms with Gasteiger partial charge >= 0.3 is 0 Å². The molecule has 2 bridgehead atoms. The lowest BCUT2D eigenvalue weighted by atomic mass is 9.81. The number of amides is 1. The number of fused-ring (bicyclic) bond motifs is 4. The van der Waals surface area contributed by atoms with E-state index in [4.69, 9.17) is 4.74 Å². The van der Waals surface area contributed by atoms with E-state index < -0.39 is 11.8 Å². The highest BCUT2D eigenvalue weighted by atomic mass is 16.5. The van der Waals surface area contributed by atoms with E-state index in [1.807, 2.05) is 0 Å². The van der Waals surface area contributed by atoms with Gasteiger partial charge in [0, 0.05) is 24.7 Å². The predicted octanol–water partition coefficient (Wildman–Crippen LogP) is 0.425. The van der Waals surface area contributed by atoms with Crippen molar-refractivity contribution in [2.45, 2.75) is 19.0 Å². The normalized spacial score (nSPS) is 24.5. The van der Waals surface area contributed by atoms with Crippen LogP contribution in [0.2, 0.25) is 0 Å². The molecular weight excluding hydrogens is 288 g/mol. The molecule has 2 heterocycles. The van der Waals surface area contributed by atoms with Crippen molar-refractivity contribution in [1.29, 1.82) is 0 Å². The number of nitrogens with zero attached hydrogens (tertiary/aromatic N) is 2. The Labute approximate surface area is 127 Å². The van der Waals surface area contributed by atoms with Crippen molar-refractivity contribution in [1.82, 2.24) is 9.80 Å². The Morgan fingerprint density at radius 3 is 2.41 bits per heavy atom. The van der Waals surface area contributed by atoms with Gasteiger partial charge in [-0.25, -0.2) is 0 Å². The second-order valence-electron chi connectivity index (χ2n) is 5.81. The van der Waals surface area contributed by atoms with Crippen molar-refractivity contribution in [2.75, 3.05) is 27.7 Å². The van der Waals surface area contributed by atoms with Gasteiger partial charge < -0.3 is 19.8 Å². The molecule has 1 aromatic rings. The maximum absolute atomic E-state index is 12.7. The number of hydrogen-bond donors (Lipinski definition) is 2. The van der Waals surface area contributed by atoms with Gasteiger partial charge in [0.25, 0.3) is 0 Å². The van der Waals surface area contributed by atoms with Crippen molar-refractivity contribution >= 4 is 11.7 Å². The Balaban J connectivity index is 2.35. The summed E-state index contributed by atoms with van der Waals surface area (Å²) in [6.45, 7) is 1.88. The first-order chi connectivity index (χ1) is 10.3. The molecular formula is C15H18N2O5. The number of likely N-dealkylation sites (N-methyl/N-ethyl adjacent to an activating group) is 2. The Morgan fingerprint density at radius 2 is 1.82 bits per heavy atom. The lowest BCUT2D eigenvalue weighted by molar-refractivity contribution is -0.140. The molecule has 2 unspecified atom stereocenters. The summed E-state index contributed by atoms with van der Waals surface area (Å²) < 4.78 is 5.16. The minimum absolute atomic E-state index is 0.0327. The number of phenols is 2. The van der Waals surface area contributed by atoms with Gasteiger partial charge in [-0.3, -0.25) is 14.5 Å². The molecule has 0 radical (unpaired) electrons. The Kier molecular flexibility index (Phi) is 3.07. The molecule has 7 nitrogen and oxygen atoms in total. The Hall–Kier alpha value is -2.28. The quantitative estimate of drug-likeness (QED) is 0.577. The molecule has 1 amide bonds. The van der Waals surface area contributed by atoms with Crippen LogP contribution in [-0.4, -0.2) is 65.5 Å². The molecule has 118 valence electrons. The van der Waals surface area contributed by atoms with Gasteiger partial charge in [0.15, 0.2) is 23.3 Å². The predicted molar refractivity (Wildman–Crippen MR) is 77.3 cm³/mol. The van der Waals surface area contributed by atoms with Crippen molar-refractivity contribution in [3.63, 3.8) is 0 Å². The second kappa shape index (κ2) is 4.61. The van der Waals surface area contributed by atoms with E-state index in [-0.39, 0.29) is 40.3 Å². The molecule has 2 aliphatic rings. The summed E-state index contributed by atoms with van der Waals surface area (Å²) in [5.41, 5.74) is 0.643. The SMILES string of the molecule is COc1c(C)c(O)c2c(c1O)C1CN(C)C(=O)C(C2=O)N1C. The fourth-order valence-electron chi connectivity index (χ4n) is 3.43. The van der Waals surface area contributed by atoms with Crippen LogP contribution in [0.5, 0.6) is 17.2 Å². The number of carbonyl (C=O) groups is 2. The summed E-state index contributed by atoms with van der Waals surface area (Å²) in [7, 11) is 4.68. The van der Waals surface area contributed by atoms with Crippen LogP contribution in [0, 0.1) is 6.92 Å². The summed E-state index contributed by atoms with van der Waals surface area (Å²) in [6, 6.07) is -1.34. The van der Waals surface area contributed by atoms with Crippen LogP contribution in [-0.2, 0) is 4.79 Å². The van der Waals surface area contributed by atoms with Gasteiger partial charge in [-0.05, 0) is 14.0 Å². The van der Waals surface area contributed by atoms with E-state index in [0.29, 0.717) is 12.1 Å². The van der Waals surface area contributed by atoms with Gasteiger partial charge in [-0.1, -0.05) is 0 Å². The molecule has 22 heavy (non-hydrogen) atoms. The molecule has 1 aromatic carbocycles. The number of methoxy groups -OCH3 is 1. The summed E-state index contributed by atoms with van der Waals surface area (Å²) in [6.07, 6.45) is 0. The fraction of sp³-hybridized carbons (Fsp3) is 0.467. The van der Waals surface area contributed by atoms with Crippen LogP contribution in [0.1, 0.15) is 27.5 Å². The number of phenolic OH excluding ortho intramolecular Hbond substituents is 2. The van der Waals surface area contributed by atoms with Gasteiger partial charge in [-0.2, -0.15) is 0 Å². The molecule has 0 aliphatic carbocycles. The first-order valence-electron chi connectivity index (χ1n) is 6.94. The highest BCUT2D eigenvalue weighted by molar-refractivity contribution is 6.17. The number of aromatic hydroxyl groups is 2. The maximum Gasteiger partial charge on any atom is 0.247 e. The smallest absolute Gasteiger partial charge is 0.247 e. The molecule has 2 aliphatic heterocycles. The van der Waals surface area contributed by atoms with Crippen molar-refractivity contribution in [3.05, 3.63) is 16.7 Å². The number of Topliss-reactive ketones (excluding diaryl/α,β-unsaturated/α-hetero) is 1. The van der Waals surface area contributed by atoms with Crippen LogP contribution in [0.4, 0.5) is 0 Å². The largest absolute Gasteiger partial charge is 0.507 e. The second-order valence-corrected chi connectivity index (χ2v) is 5.81. The average molecular weight is 306 g/mol. The lowest BCUT2D eigenvalue weighted by Crippen LogP contribution is -2.61. The van der Waals surface area contributed by atoms with Gasteiger partial charge in [0.2, 0.25) is 5.91 Å². The van der Waals surface area contributed by atoms with E-state index in [0.717, 1.165) is 0 Å². The fourth-order valence-corrected chi connectivity index (χ4v) is 3.43. The number of carbonyl (C=O) groups excluding carboxylic acids is 2. The number of hydrogen-bond acceptors (Lipinski definition) is 6. The lowest BCUT2D eigenvalue weighted by Gasteiger charge is -2.46. The third-order valence-electron chi connectivity index (χ3n) is 4.66. The zero-order valence-electron chi connectivity index (χ0n) is 12.9. The average Bonchev–Trinajstić information content (AvgIpc) is 2.46. The number of ketones is 1. The van der Waals surface area contributed by atoms with Crippen LogP contribution in [0.15, 0.2) is 0 Å². The molecule has 2 atom stereocenters. The highest BCUT2D eigenvalue weighted by Crippen LogP contribution is 2.50. The molecule has 0 aromatic heterocycles. The molecule has 1 fully saturated rings. The van der Waals surface area contributed by atoms with Crippen LogP contribution < -0.4 is 4.74 Å². The molecule has 0 spiro atoms. The third-order valence-corrected chi connectivity index (χ3v) is 4.66. The number of rotatable bonds is 1. The summed E-state index contributed by atoms with van der Waals surface area (Å²) in [5, 5.41) is 20.9. The summed E-state index contributed by atoms with van der Waals surface area (Å²) >= 11 is 0. The zero-order chi connectivity index (χ0) is 16.3. The number of ether oxygens (including phenoxy) is 1. The monoisotopic (exact) mass is 306 g/mol. The molecule has 7 heteroatoms. The minimum Gasteiger partial charge on any atom is -0.507 e.